The summed E-state index contributed by atoms with van der Waals surface area (Å²) in [6.45, 7) is 5.09. The Labute approximate surface area is 159 Å². The normalized spacial score (nSPS) is 16.8. The Morgan fingerprint density at radius 3 is 2.62 bits per heavy atom. The summed E-state index contributed by atoms with van der Waals surface area (Å²) in [6, 6.07) is 13.6. The molecule has 0 aromatic heterocycles. The Balaban J connectivity index is 1.56. The van der Waals surface area contributed by atoms with Crippen LogP contribution in [0.4, 0.5) is 5.69 Å². The molecule has 0 bridgehead atoms. The molecule has 3 rings (SSSR count). The number of halogens is 1. The van der Waals surface area contributed by atoms with Crippen LogP contribution in [-0.2, 0) is 16.0 Å². The first kappa shape index (κ1) is 18.5. The van der Waals surface area contributed by atoms with Crippen LogP contribution in [0.1, 0.15) is 23.1 Å². The summed E-state index contributed by atoms with van der Waals surface area (Å²) < 4.78 is 0. The minimum Gasteiger partial charge on any atom is -0.342 e. The molecule has 2 aromatic carbocycles. The van der Waals surface area contributed by atoms with Crippen LogP contribution < -0.4 is 5.32 Å². The van der Waals surface area contributed by atoms with Gasteiger partial charge in [-0.05, 0) is 49.6 Å². The van der Waals surface area contributed by atoms with Gasteiger partial charge < -0.3 is 10.2 Å². The summed E-state index contributed by atoms with van der Waals surface area (Å²) in [5.74, 6) is -0.340. The van der Waals surface area contributed by atoms with Crippen LogP contribution >= 0.6 is 11.6 Å². The molecule has 0 aliphatic carbocycles. The molecule has 5 heteroatoms. The van der Waals surface area contributed by atoms with Crippen LogP contribution in [0.2, 0.25) is 5.02 Å². The fraction of sp³-hybridized carbons (Fsp3) is 0.333. The highest BCUT2D eigenvalue weighted by atomic mass is 35.5. The van der Waals surface area contributed by atoms with Gasteiger partial charge in [-0.1, -0.05) is 41.4 Å². The second-order valence-corrected chi connectivity index (χ2v) is 7.36. The minimum atomic E-state index is -0.298. The second-order valence-electron chi connectivity index (χ2n) is 6.92. The zero-order valence-electron chi connectivity index (χ0n) is 15.1. The van der Waals surface area contributed by atoms with Crippen molar-refractivity contribution in [3.8, 4) is 0 Å². The van der Waals surface area contributed by atoms with Gasteiger partial charge in [0, 0.05) is 30.2 Å². The second kappa shape index (κ2) is 7.92. The Kier molecular flexibility index (Phi) is 5.62. The molecular formula is C21H23ClN2O2. The quantitative estimate of drug-likeness (QED) is 0.865. The number of hydrogen-bond acceptors (Lipinski definition) is 2. The molecule has 1 N–H and O–H groups in total. The lowest BCUT2D eigenvalue weighted by Crippen LogP contribution is -2.30. The SMILES string of the molecule is Cc1ccc(NC(=O)C2CC(=O)N(CCc3ccc(Cl)cc3)C2)c(C)c1. The number of carbonyl (C=O) groups is 2. The van der Waals surface area contributed by atoms with E-state index >= 15 is 0 Å². The van der Waals surface area contributed by atoms with E-state index < -0.39 is 0 Å². The lowest BCUT2D eigenvalue weighted by molar-refractivity contribution is -0.128. The first-order valence-corrected chi connectivity index (χ1v) is 9.20. The van der Waals surface area contributed by atoms with Crippen molar-refractivity contribution in [2.75, 3.05) is 18.4 Å². The summed E-state index contributed by atoms with van der Waals surface area (Å²) in [5, 5.41) is 3.67. The van der Waals surface area contributed by atoms with Gasteiger partial charge in [-0.2, -0.15) is 0 Å². The van der Waals surface area contributed by atoms with E-state index in [4.69, 9.17) is 11.6 Å². The van der Waals surface area contributed by atoms with Crippen molar-refractivity contribution in [3.63, 3.8) is 0 Å². The number of nitrogens with one attached hydrogen (secondary N) is 1. The predicted octanol–water partition coefficient (Wildman–Crippen LogP) is 3.99. The van der Waals surface area contributed by atoms with Gasteiger partial charge in [0.15, 0.2) is 0 Å². The molecule has 2 amide bonds. The van der Waals surface area contributed by atoms with Gasteiger partial charge >= 0.3 is 0 Å². The third kappa shape index (κ3) is 4.44. The van der Waals surface area contributed by atoms with Crippen LogP contribution in [0.5, 0.6) is 0 Å². The number of likely N-dealkylation sites (tertiary alicyclic amines) is 1. The van der Waals surface area contributed by atoms with E-state index in [0.717, 1.165) is 28.8 Å². The standard InChI is InChI=1S/C21H23ClN2O2/c1-14-3-8-19(15(2)11-14)23-21(26)17-12-20(25)24(13-17)10-9-16-4-6-18(22)7-5-16/h3-8,11,17H,9-10,12-13H2,1-2H3,(H,23,26). The van der Waals surface area contributed by atoms with Crippen molar-refractivity contribution >= 4 is 29.1 Å². The molecule has 26 heavy (non-hydrogen) atoms. The number of carbonyl (C=O) groups excluding carboxylic acids is 2. The van der Waals surface area contributed by atoms with Gasteiger partial charge in [-0.15, -0.1) is 0 Å². The van der Waals surface area contributed by atoms with E-state index in [1.54, 1.807) is 4.90 Å². The van der Waals surface area contributed by atoms with Crippen LogP contribution in [-0.4, -0.2) is 29.8 Å². The smallest absolute Gasteiger partial charge is 0.229 e. The zero-order valence-corrected chi connectivity index (χ0v) is 15.8. The average Bonchev–Trinajstić information content (AvgIpc) is 2.98. The molecule has 4 nitrogen and oxygen atoms in total. The molecule has 1 fully saturated rings. The Bertz CT molecular complexity index is 817. The van der Waals surface area contributed by atoms with Crippen LogP contribution in [0.15, 0.2) is 42.5 Å². The third-order valence-electron chi connectivity index (χ3n) is 4.81. The number of anilines is 1. The Morgan fingerprint density at radius 1 is 1.19 bits per heavy atom. The average molecular weight is 371 g/mol. The lowest BCUT2D eigenvalue weighted by atomic mass is 10.1. The molecule has 0 radical (unpaired) electrons. The first-order valence-electron chi connectivity index (χ1n) is 8.82. The number of amides is 2. The van der Waals surface area contributed by atoms with E-state index in [1.165, 1.54) is 0 Å². The fourth-order valence-electron chi connectivity index (χ4n) is 3.27. The van der Waals surface area contributed by atoms with Crippen molar-refractivity contribution in [1.29, 1.82) is 0 Å². The molecule has 1 aliphatic heterocycles. The van der Waals surface area contributed by atoms with Crippen molar-refractivity contribution in [2.24, 2.45) is 5.92 Å². The number of benzene rings is 2. The highest BCUT2D eigenvalue weighted by molar-refractivity contribution is 6.30. The zero-order chi connectivity index (χ0) is 18.7. The van der Waals surface area contributed by atoms with Gasteiger partial charge in [0.1, 0.15) is 0 Å². The van der Waals surface area contributed by atoms with Gasteiger partial charge in [0.05, 0.1) is 5.92 Å². The van der Waals surface area contributed by atoms with Gasteiger partial charge in [0.25, 0.3) is 0 Å². The largest absolute Gasteiger partial charge is 0.342 e. The molecule has 0 saturated carbocycles. The maximum atomic E-state index is 12.6. The van der Waals surface area contributed by atoms with E-state index in [2.05, 4.69) is 5.32 Å². The van der Waals surface area contributed by atoms with Crippen molar-refractivity contribution in [1.82, 2.24) is 4.90 Å². The summed E-state index contributed by atoms with van der Waals surface area (Å²) in [6.07, 6.45) is 1.03. The van der Waals surface area contributed by atoms with Crippen molar-refractivity contribution in [3.05, 3.63) is 64.2 Å². The first-order chi connectivity index (χ1) is 12.4. The molecule has 0 spiro atoms. The molecule has 1 saturated heterocycles. The molecule has 1 aliphatic rings. The van der Waals surface area contributed by atoms with E-state index in [0.29, 0.717) is 18.1 Å². The molecular weight excluding hydrogens is 348 g/mol. The van der Waals surface area contributed by atoms with Gasteiger partial charge in [0.2, 0.25) is 11.8 Å². The highest BCUT2D eigenvalue weighted by Gasteiger charge is 2.34. The molecule has 1 atom stereocenters. The number of nitrogens with zero attached hydrogens (tertiary/aromatic N) is 1. The summed E-state index contributed by atoms with van der Waals surface area (Å²) in [7, 11) is 0. The maximum Gasteiger partial charge on any atom is 0.229 e. The lowest BCUT2D eigenvalue weighted by Gasteiger charge is -2.17. The number of aryl methyl sites for hydroxylation is 2. The molecule has 1 heterocycles. The predicted molar refractivity (Wildman–Crippen MR) is 104 cm³/mol. The topological polar surface area (TPSA) is 49.4 Å². The minimum absolute atomic E-state index is 0.0414. The summed E-state index contributed by atoms with van der Waals surface area (Å²) in [5.41, 5.74) is 4.13. The Morgan fingerprint density at radius 2 is 1.92 bits per heavy atom. The maximum absolute atomic E-state index is 12.6. The number of hydrogen-bond donors (Lipinski definition) is 1. The van der Waals surface area contributed by atoms with Crippen LogP contribution in [0.3, 0.4) is 0 Å². The summed E-state index contributed by atoms with van der Waals surface area (Å²) >= 11 is 5.89. The highest BCUT2D eigenvalue weighted by Crippen LogP contribution is 2.22. The monoisotopic (exact) mass is 370 g/mol. The fourth-order valence-corrected chi connectivity index (χ4v) is 3.39. The van der Waals surface area contributed by atoms with Crippen LogP contribution in [0.25, 0.3) is 0 Å². The third-order valence-corrected chi connectivity index (χ3v) is 5.06. The van der Waals surface area contributed by atoms with Crippen molar-refractivity contribution in [2.45, 2.75) is 26.7 Å². The molecule has 136 valence electrons. The Hall–Kier alpha value is -2.33. The molecule has 1 unspecified atom stereocenters. The molecule has 2 aromatic rings. The number of rotatable bonds is 5. The van der Waals surface area contributed by atoms with Gasteiger partial charge in [-0.3, -0.25) is 9.59 Å². The van der Waals surface area contributed by atoms with Gasteiger partial charge in [-0.25, -0.2) is 0 Å². The van der Waals surface area contributed by atoms with Crippen molar-refractivity contribution < 1.29 is 9.59 Å². The van der Waals surface area contributed by atoms with E-state index in [-0.39, 0.29) is 24.2 Å². The van der Waals surface area contributed by atoms with Crippen LogP contribution in [0, 0.1) is 19.8 Å². The van der Waals surface area contributed by atoms with E-state index in [1.807, 2.05) is 56.3 Å². The summed E-state index contributed by atoms with van der Waals surface area (Å²) in [4.78, 5) is 26.6. The van der Waals surface area contributed by atoms with E-state index in [9.17, 15) is 9.59 Å².